The fraction of sp³-hybridized carbons (Fsp3) is 0.615. The monoisotopic (exact) mass is 288 g/mol. The maximum absolute atomic E-state index is 11.8. The van der Waals surface area contributed by atoms with Crippen LogP contribution in [0.25, 0.3) is 0 Å². The molecule has 1 amide bonds. The quantitative estimate of drug-likeness (QED) is 0.894. The summed E-state index contributed by atoms with van der Waals surface area (Å²) in [6, 6.07) is 2.10. The van der Waals surface area contributed by atoms with Gasteiger partial charge in [0.1, 0.15) is 0 Å². The minimum absolute atomic E-state index is 0. The molecule has 1 aliphatic rings. The number of thiophene rings is 1. The van der Waals surface area contributed by atoms with Crippen LogP contribution >= 0.6 is 23.7 Å². The summed E-state index contributed by atoms with van der Waals surface area (Å²) in [6.07, 6.45) is 2.95. The minimum atomic E-state index is 0. The van der Waals surface area contributed by atoms with Crippen molar-refractivity contribution in [2.24, 2.45) is 5.92 Å². The first-order valence-electron chi connectivity index (χ1n) is 6.26. The van der Waals surface area contributed by atoms with Gasteiger partial charge in [-0.05, 0) is 55.8 Å². The Labute approximate surface area is 119 Å². The van der Waals surface area contributed by atoms with Crippen LogP contribution in [0.3, 0.4) is 0 Å². The predicted octanol–water partition coefficient (Wildman–Crippen LogP) is 2.48. The van der Waals surface area contributed by atoms with Crippen LogP contribution in [0.1, 0.15) is 29.7 Å². The summed E-state index contributed by atoms with van der Waals surface area (Å²) < 4.78 is 0. The fourth-order valence-corrected chi connectivity index (χ4v) is 3.03. The molecule has 1 fully saturated rings. The van der Waals surface area contributed by atoms with Gasteiger partial charge in [-0.25, -0.2) is 0 Å². The molecule has 1 aromatic rings. The molecule has 0 bridgehead atoms. The van der Waals surface area contributed by atoms with Gasteiger partial charge in [-0.2, -0.15) is 0 Å². The average molecular weight is 289 g/mol. The molecule has 0 aliphatic carbocycles. The van der Waals surface area contributed by atoms with Crippen molar-refractivity contribution in [3.8, 4) is 0 Å². The van der Waals surface area contributed by atoms with E-state index in [-0.39, 0.29) is 18.3 Å². The van der Waals surface area contributed by atoms with Gasteiger partial charge >= 0.3 is 0 Å². The molecule has 0 unspecified atom stereocenters. The minimum Gasteiger partial charge on any atom is -0.351 e. The van der Waals surface area contributed by atoms with Gasteiger partial charge in [-0.3, -0.25) is 4.79 Å². The largest absolute Gasteiger partial charge is 0.351 e. The third kappa shape index (κ3) is 4.59. The van der Waals surface area contributed by atoms with Gasteiger partial charge in [0, 0.05) is 11.3 Å². The molecule has 1 aliphatic heterocycles. The average Bonchev–Trinajstić information content (AvgIpc) is 2.74. The smallest absolute Gasteiger partial charge is 0.220 e. The Morgan fingerprint density at radius 3 is 2.83 bits per heavy atom. The van der Waals surface area contributed by atoms with Crippen molar-refractivity contribution in [2.75, 3.05) is 13.1 Å². The molecule has 3 nitrogen and oxygen atoms in total. The Morgan fingerprint density at radius 1 is 1.50 bits per heavy atom. The van der Waals surface area contributed by atoms with Crippen LogP contribution in [0.2, 0.25) is 0 Å². The van der Waals surface area contributed by atoms with E-state index < -0.39 is 0 Å². The number of amides is 1. The SMILES string of the molecule is Cc1ccsc1CNC(=O)CC1CCNCC1.Cl. The molecule has 2 rings (SSSR count). The molecular formula is C13H21ClN2OS. The summed E-state index contributed by atoms with van der Waals surface area (Å²) >= 11 is 1.71. The van der Waals surface area contributed by atoms with E-state index in [1.54, 1.807) is 11.3 Å². The van der Waals surface area contributed by atoms with Crippen molar-refractivity contribution in [2.45, 2.75) is 32.7 Å². The first-order valence-corrected chi connectivity index (χ1v) is 7.14. The lowest BCUT2D eigenvalue weighted by atomic mass is 9.94. The van der Waals surface area contributed by atoms with E-state index in [1.807, 2.05) is 0 Å². The van der Waals surface area contributed by atoms with Gasteiger partial charge in [-0.15, -0.1) is 23.7 Å². The van der Waals surface area contributed by atoms with Crippen LogP contribution in [0.15, 0.2) is 11.4 Å². The van der Waals surface area contributed by atoms with Crippen molar-refractivity contribution in [3.05, 3.63) is 21.9 Å². The number of piperidine rings is 1. The number of nitrogens with one attached hydrogen (secondary N) is 2. The maximum Gasteiger partial charge on any atom is 0.220 e. The first kappa shape index (κ1) is 15.5. The second-order valence-electron chi connectivity index (χ2n) is 4.70. The van der Waals surface area contributed by atoms with Gasteiger partial charge in [0.2, 0.25) is 5.91 Å². The summed E-state index contributed by atoms with van der Waals surface area (Å²) in [5, 5.41) is 8.42. The van der Waals surface area contributed by atoms with Crippen molar-refractivity contribution in [1.82, 2.24) is 10.6 Å². The van der Waals surface area contributed by atoms with Gasteiger partial charge in [-0.1, -0.05) is 0 Å². The summed E-state index contributed by atoms with van der Waals surface area (Å²) in [6.45, 7) is 4.89. The zero-order valence-corrected chi connectivity index (χ0v) is 12.3. The van der Waals surface area contributed by atoms with Crippen LogP contribution < -0.4 is 10.6 Å². The van der Waals surface area contributed by atoms with Crippen molar-refractivity contribution < 1.29 is 4.79 Å². The van der Waals surface area contributed by atoms with Crippen LogP contribution in [-0.2, 0) is 11.3 Å². The van der Waals surface area contributed by atoms with Gasteiger partial charge in [0.05, 0.1) is 6.54 Å². The van der Waals surface area contributed by atoms with E-state index >= 15 is 0 Å². The summed E-state index contributed by atoms with van der Waals surface area (Å²) in [5.74, 6) is 0.769. The van der Waals surface area contributed by atoms with Gasteiger partial charge in [0.15, 0.2) is 0 Å². The molecule has 1 aromatic heterocycles. The molecule has 0 aromatic carbocycles. The first-order chi connectivity index (χ1) is 8.25. The summed E-state index contributed by atoms with van der Waals surface area (Å²) in [4.78, 5) is 13.1. The van der Waals surface area contributed by atoms with Crippen LogP contribution in [-0.4, -0.2) is 19.0 Å². The summed E-state index contributed by atoms with van der Waals surface area (Å²) in [7, 11) is 0. The van der Waals surface area contributed by atoms with E-state index in [4.69, 9.17) is 0 Å². The van der Waals surface area contributed by atoms with Gasteiger partial charge in [0.25, 0.3) is 0 Å². The predicted molar refractivity (Wildman–Crippen MR) is 78.4 cm³/mol. The number of hydrogen-bond donors (Lipinski definition) is 2. The number of halogens is 1. The molecule has 2 N–H and O–H groups in total. The molecule has 0 radical (unpaired) electrons. The zero-order valence-electron chi connectivity index (χ0n) is 10.7. The number of rotatable bonds is 4. The van der Waals surface area contributed by atoms with Crippen LogP contribution in [0.4, 0.5) is 0 Å². The Bertz CT molecular complexity index is 375. The molecule has 0 saturated carbocycles. The number of carbonyl (C=O) groups is 1. The third-order valence-corrected chi connectivity index (χ3v) is 4.37. The molecular weight excluding hydrogens is 268 g/mol. The van der Waals surface area contributed by atoms with E-state index in [1.165, 1.54) is 10.4 Å². The Morgan fingerprint density at radius 2 is 2.22 bits per heavy atom. The lowest BCUT2D eigenvalue weighted by Crippen LogP contribution is -2.32. The van der Waals surface area contributed by atoms with E-state index in [2.05, 4.69) is 29.0 Å². The topological polar surface area (TPSA) is 41.1 Å². The molecule has 0 spiro atoms. The highest BCUT2D eigenvalue weighted by atomic mass is 35.5. The zero-order chi connectivity index (χ0) is 12.1. The fourth-order valence-electron chi connectivity index (χ4n) is 2.18. The number of hydrogen-bond acceptors (Lipinski definition) is 3. The third-order valence-electron chi connectivity index (χ3n) is 3.35. The number of carbonyl (C=O) groups excluding carboxylic acids is 1. The lowest BCUT2D eigenvalue weighted by molar-refractivity contribution is -0.122. The standard InChI is InChI=1S/C13H20N2OS.ClH/c1-10-4-7-17-12(10)9-15-13(16)8-11-2-5-14-6-3-11;/h4,7,11,14H,2-3,5-6,8-9H2,1H3,(H,15,16);1H. The molecule has 102 valence electrons. The second-order valence-corrected chi connectivity index (χ2v) is 5.70. The van der Waals surface area contributed by atoms with Gasteiger partial charge < -0.3 is 10.6 Å². The highest BCUT2D eigenvalue weighted by Gasteiger charge is 2.16. The van der Waals surface area contributed by atoms with Crippen molar-refractivity contribution in [3.63, 3.8) is 0 Å². The summed E-state index contributed by atoms with van der Waals surface area (Å²) in [5.41, 5.74) is 1.28. The Kier molecular flexibility index (Phi) is 6.68. The Hall–Kier alpha value is -0.580. The van der Waals surface area contributed by atoms with E-state index in [0.29, 0.717) is 18.9 Å². The lowest BCUT2D eigenvalue weighted by Gasteiger charge is -2.21. The highest BCUT2D eigenvalue weighted by molar-refractivity contribution is 7.10. The molecule has 18 heavy (non-hydrogen) atoms. The molecule has 0 atom stereocenters. The molecule has 2 heterocycles. The van der Waals surface area contributed by atoms with E-state index in [9.17, 15) is 4.79 Å². The second kappa shape index (κ2) is 7.77. The van der Waals surface area contributed by atoms with Crippen molar-refractivity contribution >= 4 is 29.7 Å². The molecule has 1 saturated heterocycles. The normalized spacial score (nSPS) is 16.1. The highest BCUT2D eigenvalue weighted by Crippen LogP contribution is 2.17. The van der Waals surface area contributed by atoms with Crippen molar-refractivity contribution in [1.29, 1.82) is 0 Å². The van der Waals surface area contributed by atoms with E-state index in [0.717, 1.165) is 25.9 Å². The van der Waals surface area contributed by atoms with Crippen LogP contribution in [0, 0.1) is 12.8 Å². The van der Waals surface area contributed by atoms with Crippen LogP contribution in [0.5, 0.6) is 0 Å². The number of aryl methyl sites for hydroxylation is 1. The maximum atomic E-state index is 11.8. The Balaban J connectivity index is 0.00000162. The molecule has 5 heteroatoms.